The Labute approximate surface area is 171 Å². The number of benzene rings is 1. The van der Waals surface area contributed by atoms with Crippen molar-refractivity contribution in [3.05, 3.63) is 41.0 Å². The van der Waals surface area contributed by atoms with Crippen molar-refractivity contribution in [2.24, 2.45) is 0 Å². The Morgan fingerprint density at radius 3 is 2.14 bits per heavy atom. The summed E-state index contributed by atoms with van der Waals surface area (Å²) in [5, 5.41) is 0.423. The normalized spacial score (nSPS) is 16.1. The highest BCUT2D eigenvalue weighted by molar-refractivity contribution is 7.89. The molecule has 2 heterocycles. The van der Waals surface area contributed by atoms with Crippen molar-refractivity contribution in [1.82, 2.24) is 14.3 Å². The summed E-state index contributed by atoms with van der Waals surface area (Å²) in [5.41, 5.74) is -1.04. The molecule has 12 heteroatoms. The number of hydrogen-bond donors (Lipinski definition) is 0. The van der Waals surface area contributed by atoms with Gasteiger partial charge in [0.15, 0.2) is 5.69 Å². The van der Waals surface area contributed by atoms with Gasteiger partial charge in [-0.1, -0.05) is 11.6 Å². The highest BCUT2D eigenvalue weighted by Crippen LogP contribution is 2.31. The number of sulfonamides is 1. The topological polar surface area (TPSA) is 69.6 Å². The lowest BCUT2D eigenvalue weighted by Crippen LogP contribution is -2.49. The minimum absolute atomic E-state index is 0.0768. The van der Waals surface area contributed by atoms with Gasteiger partial charge in [-0.15, -0.1) is 0 Å². The molecule has 0 saturated carbocycles. The molecule has 1 aromatic heterocycles. The van der Waals surface area contributed by atoms with Crippen molar-refractivity contribution in [3.63, 3.8) is 0 Å². The Bertz CT molecular complexity index is 976. The summed E-state index contributed by atoms with van der Waals surface area (Å²) >= 11 is 5.80. The van der Waals surface area contributed by atoms with E-state index in [0.29, 0.717) is 5.02 Å². The zero-order valence-corrected chi connectivity index (χ0v) is 17.3. The lowest BCUT2D eigenvalue weighted by Gasteiger charge is -2.34. The lowest BCUT2D eigenvalue weighted by molar-refractivity contribution is -0.141. The average Bonchev–Trinajstić information content (AvgIpc) is 2.67. The lowest BCUT2D eigenvalue weighted by atomic mass is 10.3. The first-order chi connectivity index (χ1) is 13.5. The van der Waals surface area contributed by atoms with Crippen molar-refractivity contribution in [2.75, 3.05) is 50.1 Å². The van der Waals surface area contributed by atoms with Crippen molar-refractivity contribution in [3.8, 4) is 0 Å². The number of aromatic nitrogens is 2. The van der Waals surface area contributed by atoms with Crippen LogP contribution in [0.25, 0.3) is 0 Å². The molecule has 0 N–H and O–H groups in total. The van der Waals surface area contributed by atoms with Gasteiger partial charge in [-0.2, -0.15) is 22.5 Å². The third-order valence-corrected chi connectivity index (χ3v) is 6.59. The predicted octanol–water partition coefficient (Wildman–Crippen LogP) is 2.73. The van der Waals surface area contributed by atoms with Crippen molar-refractivity contribution < 1.29 is 21.6 Å². The Morgan fingerprint density at radius 1 is 1.03 bits per heavy atom. The van der Waals surface area contributed by atoms with E-state index < -0.39 is 21.9 Å². The molecule has 3 rings (SSSR count). The largest absolute Gasteiger partial charge is 0.433 e. The van der Waals surface area contributed by atoms with Crippen LogP contribution in [0.2, 0.25) is 5.02 Å². The van der Waals surface area contributed by atoms with Crippen molar-refractivity contribution in [2.45, 2.75) is 11.1 Å². The fourth-order valence-corrected chi connectivity index (χ4v) is 4.37. The Morgan fingerprint density at radius 2 is 1.62 bits per heavy atom. The first-order valence-electron chi connectivity index (χ1n) is 8.63. The molecule has 1 aliphatic heterocycles. The van der Waals surface area contributed by atoms with E-state index in [4.69, 9.17) is 11.6 Å². The van der Waals surface area contributed by atoms with Gasteiger partial charge in [-0.25, -0.2) is 13.4 Å². The molecule has 29 heavy (non-hydrogen) atoms. The quantitative estimate of drug-likeness (QED) is 0.715. The van der Waals surface area contributed by atoms with Crippen LogP contribution >= 0.6 is 11.6 Å². The highest BCUT2D eigenvalue weighted by Gasteiger charge is 2.35. The molecule has 0 atom stereocenters. The summed E-state index contributed by atoms with van der Waals surface area (Å²) in [6.07, 6.45) is -4.61. The molecule has 0 bridgehead atoms. The van der Waals surface area contributed by atoms with Gasteiger partial charge in [-0.05, 0) is 24.3 Å². The van der Waals surface area contributed by atoms with E-state index in [-0.39, 0.29) is 42.8 Å². The number of piperazine rings is 1. The van der Waals surface area contributed by atoms with Crippen LogP contribution in [0.3, 0.4) is 0 Å². The maximum Gasteiger partial charge on any atom is 0.433 e. The van der Waals surface area contributed by atoms with E-state index in [1.165, 1.54) is 33.5 Å². The van der Waals surface area contributed by atoms with Gasteiger partial charge in [0.05, 0.1) is 4.90 Å². The van der Waals surface area contributed by atoms with Crippen LogP contribution in [0.5, 0.6) is 0 Å². The van der Waals surface area contributed by atoms with Gasteiger partial charge in [-0.3, -0.25) is 0 Å². The summed E-state index contributed by atoms with van der Waals surface area (Å²) in [6, 6.07) is 6.70. The maximum absolute atomic E-state index is 13.2. The van der Waals surface area contributed by atoms with Gasteiger partial charge < -0.3 is 9.80 Å². The standard InChI is InChI=1S/C17H19ClF3N5O2S/c1-24(2)15-11-14(17(19,20)21)22-16(23-15)25-7-9-26(10-8-25)29(27,28)13-5-3-12(18)4-6-13/h3-6,11H,7-10H2,1-2H3. The fraction of sp³-hybridized carbons (Fsp3) is 0.412. The summed E-state index contributed by atoms with van der Waals surface area (Å²) < 4.78 is 66.3. The molecule has 1 aliphatic rings. The fourth-order valence-electron chi connectivity index (χ4n) is 2.82. The number of alkyl halides is 3. The molecule has 1 saturated heterocycles. The van der Waals surface area contributed by atoms with Gasteiger partial charge in [0.1, 0.15) is 5.82 Å². The summed E-state index contributed by atoms with van der Waals surface area (Å²) in [7, 11) is -0.546. The maximum atomic E-state index is 13.2. The Balaban J connectivity index is 1.80. The minimum atomic E-state index is -4.61. The first-order valence-corrected chi connectivity index (χ1v) is 10.4. The Kier molecular flexibility index (Phi) is 5.93. The number of nitrogens with zero attached hydrogens (tertiary/aromatic N) is 5. The van der Waals surface area contributed by atoms with E-state index in [0.717, 1.165) is 6.07 Å². The Hall–Kier alpha value is -2.11. The molecule has 0 aliphatic carbocycles. The molecule has 0 spiro atoms. The second-order valence-electron chi connectivity index (χ2n) is 6.65. The SMILES string of the molecule is CN(C)c1cc(C(F)(F)F)nc(N2CCN(S(=O)(=O)c3ccc(Cl)cc3)CC2)n1. The predicted molar refractivity (Wildman–Crippen MR) is 104 cm³/mol. The molecule has 0 unspecified atom stereocenters. The van der Waals surface area contributed by atoms with Gasteiger partial charge in [0.2, 0.25) is 16.0 Å². The molecule has 158 valence electrons. The van der Waals surface area contributed by atoms with Crippen LogP contribution in [0, 0.1) is 0 Å². The van der Waals surface area contributed by atoms with E-state index in [9.17, 15) is 21.6 Å². The van der Waals surface area contributed by atoms with E-state index in [1.54, 1.807) is 19.0 Å². The van der Waals surface area contributed by atoms with Gasteiger partial charge in [0.25, 0.3) is 0 Å². The van der Waals surface area contributed by atoms with E-state index in [2.05, 4.69) is 9.97 Å². The number of rotatable bonds is 4. The molecule has 0 radical (unpaired) electrons. The second kappa shape index (κ2) is 7.96. The number of halogens is 4. The third-order valence-electron chi connectivity index (χ3n) is 4.42. The smallest absolute Gasteiger partial charge is 0.363 e. The number of anilines is 2. The van der Waals surface area contributed by atoms with Crippen LogP contribution in [0.4, 0.5) is 24.9 Å². The third kappa shape index (κ3) is 4.73. The molecular weight excluding hydrogens is 431 g/mol. The van der Waals surface area contributed by atoms with E-state index >= 15 is 0 Å². The van der Waals surface area contributed by atoms with Crippen LogP contribution in [-0.4, -0.2) is 63.0 Å². The van der Waals surface area contributed by atoms with Gasteiger partial charge in [0, 0.05) is 51.4 Å². The summed E-state index contributed by atoms with van der Waals surface area (Å²) in [4.78, 5) is 11.0. The van der Waals surface area contributed by atoms with Crippen LogP contribution in [0.15, 0.2) is 35.2 Å². The zero-order valence-electron chi connectivity index (χ0n) is 15.7. The minimum Gasteiger partial charge on any atom is -0.363 e. The monoisotopic (exact) mass is 449 g/mol. The van der Waals surface area contributed by atoms with Crippen LogP contribution in [-0.2, 0) is 16.2 Å². The summed E-state index contributed by atoms with van der Waals surface area (Å²) in [6.45, 7) is 0.533. The molecule has 1 aromatic carbocycles. The summed E-state index contributed by atoms with van der Waals surface area (Å²) in [5.74, 6) is 0.0469. The van der Waals surface area contributed by atoms with Crippen molar-refractivity contribution >= 4 is 33.4 Å². The zero-order chi connectivity index (χ0) is 21.4. The van der Waals surface area contributed by atoms with E-state index in [1.807, 2.05) is 0 Å². The second-order valence-corrected chi connectivity index (χ2v) is 9.02. The average molecular weight is 450 g/mol. The molecule has 2 aromatic rings. The van der Waals surface area contributed by atoms with Gasteiger partial charge >= 0.3 is 6.18 Å². The van der Waals surface area contributed by atoms with Crippen LogP contribution in [0.1, 0.15) is 5.69 Å². The van der Waals surface area contributed by atoms with Crippen molar-refractivity contribution in [1.29, 1.82) is 0 Å². The molecular formula is C17H19ClF3N5O2S. The first kappa shape index (κ1) is 21.6. The molecule has 0 amide bonds. The molecule has 1 fully saturated rings. The number of hydrogen-bond acceptors (Lipinski definition) is 6. The highest BCUT2D eigenvalue weighted by atomic mass is 35.5. The molecule has 7 nitrogen and oxygen atoms in total. The van der Waals surface area contributed by atoms with Crippen LogP contribution < -0.4 is 9.80 Å².